The molecule has 1 aliphatic rings. The molecule has 0 spiro atoms. The van der Waals surface area contributed by atoms with Crippen molar-refractivity contribution in [3.05, 3.63) is 59.9 Å². The SMILES string of the molecule is COc1cc(C(=O)NC[C@H]2CCCN2)ccc1Nc1ncc(C(F)(F)F)c(Nc2cccc3cn(CC(F)F)c(O)c23)n1. The average molecular weight is 606 g/mol. The molecule has 2 aromatic carbocycles. The number of rotatable bonds is 10. The summed E-state index contributed by atoms with van der Waals surface area (Å²) in [6, 6.07) is 9.15. The van der Waals surface area contributed by atoms with Gasteiger partial charge in [-0.05, 0) is 43.7 Å². The number of nitrogens with zero attached hydrogens (tertiary/aromatic N) is 3. The number of amides is 1. The number of halogens is 5. The zero-order valence-corrected chi connectivity index (χ0v) is 22.8. The lowest BCUT2D eigenvalue weighted by Crippen LogP contribution is -2.37. The van der Waals surface area contributed by atoms with E-state index < -0.39 is 36.4 Å². The van der Waals surface area contributed by atoms with Gasteiger partial charge in [-0.25, -0.2) is 13.8 Å². The number of aromatic nitrogens is 3. The highest BCUT2D eigenvalue weighted by molar-refractivity contribution is 6.00. The summed E-state index contributed by atoms with van der Waals surface area (Å²) in [7, 11) is 1.37. The molecular weight excluding hydrogens is 577 g/mol. The van der Waals surface area contributed by atoms with Gasteiger partial charge < -0.3 is 35.7 Å². The Morgan fingerprint density at radius 1 is 1.21 bits per heavy atom. The van der Waals surface area contributed by atoms with Crippen molar-refractivity contribution >= 4 is 39.8 Å². The summed E-state index contributed by atoms with van der Waals surface area (Å²) in [5, 5.41) is 22.5. The smallest absolute Gasteiger partial charge is 0.421 e. The Morgan fingerprint density at radius 2 is 2.02 bits per heavy atom. The number of hydrogen-bond donors (Lipinski definition) is 5. The molecular formula is C28H28F5N7O3. The molecule has 43 heavy (non-hydrogen) atoms. The van der Waals surface area contributed by atoms with Crippen molar-refractivity contribution < 1.29 is 36.6 Å². The van der Waals surface area contributed by atoms with Gasteiger partial charge in [-0.1, -0.05) is 12.1 Å². The second-order valence-electron chi connectivity index (χ2n) is 9.89. The summed E-state index contributed by atoms with van der Waals surface area (Å²) >= 11 is 0. The van der Waals surface area contributed by atoms with E-state index in [0.717, 1.165) is 24.0 Å². The van der Waals surface area contributed by atoms with Gasteiger partial charge in [0.2, 0.25) is 11.8 Å². The predicted octanol–water partition coefficient (Wildman–Crippen LogP) is 5.40. The van der Waals surface area contributed by atoms with Crippen LogP contribution in [0.1, 0.15) is 28.8 Å². The highest BCUT2D eigenvalue weighted by Gasteiger charge is 2.36. The zero-order chi connectivity index (χ0) is 30.7. The van der Waals surface area contributed by atoms with Crippen LogP contribution in [0.5, 0.6) is 11.6 Å². The number of nitrogens with one attached hydrogen (secondary N) is 4. The van der Waals surface area contributed by atoms with Crippen LogP contribution in [-0.2, 0) is 12.7 Å². The van der Waals surface area contributed by atoms with E-state index in [1.54, 1.807) is 0 Å². The third-order valence-corrected chi connectivity index (χ3v) is 6.95. The van der Waals surface area contributed by atoms with E-state index in [9.17, 15) is 31.9 Å². The number of fused-ring (bicyclic) bond motifs is 1. The third-order valence-electron chi connectivity index (χ3n) is 6.95. The average Bonchev–Trinajstić information content (AvgIpc) is 3.59. The summed E-state index contributed by atoms with van der Waals surface area (Å²) in [6.45, 7) is 0.582. The topological polar surface area (TPSA) is 125 Å². The van der Waals surface area contributed by atoms with Crippen LogP contribution in [0, 0.1) is 0 Å². The van der Waals surface area contributed by atoms with E-state index >= 15 is 0 Å². The zero-order valence-electron chi connectivity index (χ0n) is 22.8. The van der Waals surface area contributed by atoms with E-state index in [1.165, 1.54) is 49.7 Å². The first-order chi connectivity index (χ1) is 20.5. The molecule has 0 saturated carbocycles. The monoisotopic (exact) mass is 605 g/mol. The van der Waals surface area contributed by atoms with Gasteiger partial charge in [-0.15, -0.1) is 0 Å². The molecule has 4 aromatic rings. The van der Waals surface area contributed by atoms with Crippen molar-refractivity contribution in [2.24, 2.45) is 0 Å². The Bertz CT molecular complexity index is 1620. The number of methoxy groups -OCH3 is 1. The number of carbonyl (C=O) groups excluding carboxylic acids is 1. The summed E-state index contributed by atoms with van der Waals surface area (Å²) in [4.78, 5) is 20.5. The van der Waals surface area contributed by atoms with Gasteiger partial charge in [-0.3, -0.25) is 4.79 Å². The third kappa shape index (κ3) is 6.71. The van der Waals surface area contributed by atoms with Gasteiger partial charge in [0.25, 0.3) is 12.3 Å². The second kappa shape index (κ2) is 12.3. The van der Waals surface area contributed by atoms with Crippen LogP contribution in [-0.4, -0.2) is 58.2 Å². The first-order valence-corrected chi connectivity index (χ1v) is 13.3. The number of hydrogen-bond acceptors (Lipinski definition) is 8. The van der Waals surface area contributed by atoms with Crippen LogP contribution in [0.4, 0.5) is 45.1 Å². The minimum Gasteiger partial charge on any atom is -0.495 e. The highest BCUT2D eigenvalue weighted by Crippen LogP contribution is 2.39. The Labute approximate surface area is 242 Å². The first kappa shape index (κ1) is 29.8. The van der Waals surface area contributed by atoms with Crippen molar-refractivity contribution in [2.45, 2.75) is 38.0 Å². The van der Waals surface area contributed by atoms with E-state index in [2.05, 4.69) is 31.2 Å². The molecule has 3 heterocycles. The summed E-state index contributed by atoms with van der Waals surface area (Å²) < 4.78 is 74.0. The highest BCUT2D eigenvalue weighted by atomic mass is 19.4. The molecule has 15 heteroatoms. The van der Waals surface area contributed by atoms with E-state index in [0.29, 0.717) is 23.7 Å². The van der Waals surface area contributed by atoms with Crippen molar-refractivity contribution in [1.82, 2.24) is 25.2 Å². The standard InChI is InChI=1S/C28H28F5N7O3/c1-43-21-10-15(25(41)35-11-17-5-3-9-34-17)7-8-19(21)38-27-36-12-18(28(31,32)33)24(39-27)37-20-6-2-4-16-13-40(14-22(29)30)26(42)23(16)20/h2,4,6-8,10,12-13,17,22,34,42H,3,5,9,11,14H2,1H3,(H,35,41)(H2,36,37,38,39)/t17-/m1/s1. The normalized spacial score (nSPS) is 15.2. The number of anilines is 4. The maximum Gasteiger partial charge on any atom is 0.421 e. The molecule has 5 N–H and O–H groups in total. The van der Waals surface area contributed by atoms with Gasteiger partial charge in [0, 0.05) is 35.9 Å². The number of ether oxygens (including phenoxy) is 1. The Balaban J connectivity index is 1.42. The van der Waals surface area contributed by atoms with Gasteiger partial charge in [0.05, 0.1) is 30.4 Å². The summed E-state index contributed by atoms with van der Waals surface area (Å²) in [6.07, 6.45) is -3.72. The molecule has 10 nitrogen and oxygen atoms in total. The van der Waals surface area contributed by atoms with Gasteiger partial charge in [0.1, 0.15) is 17.1 Å². The predicted molar refractivity (Wildman–Crippen MR) is 150 cm³/mol. The van der Waals surface area contributed by atoms with Gasteiger partial charge >= 0.3 is 6.18 Å². The molecule has 0 aliphatic carbocycles. The van der Waals surface area contributed by atoms with Gasteiger partial charge in [0.15, 0.2) is 0 Å². The van der Waals surface area contributed by atoms with Crippen LogP contribution >= 0.6 is 0 Å². The number of carbonyl (C=O) groups is 1. The fourth-order valence-electron chi connectivity index (χ4n) is 4.87. The molecule has 2 aromatic heterocycles. The summed E-state index contributed by atoms with van der Waals surface area (Å²) in [5.41, 5.74) is -0.579. The maximum absolute atomic E-state index is 13.9. The molecule has 1 aliphatic heterocycles. The van der Waals surface area contributed by atoms with Crippen LogP contribution in [0.2, 0.25) is 0 Å². The van der Waals surface area contributed by atoms with Crippen molar-refractivity contribution in [1.29, 1.82) is 0 Å². The second-order valence-corrected chi connectivity index (χ2v) is 9.89. The molecule has 0 radical (unpaired) electrons. The van der Waals surface area contributed by atoms with Crippen LogP contribution in [0.15, 0.2) is 48.8 Å². The Hall–Kier alpha value is -4.66. The lowest BCUT2D eigenvalue weighted by Gasteiger charge is -2.17. The van der Waals surface area contributed by atoms with Crippen molar-refractivity contribution in [2.75, 3.05) is 30.8 Å². The molecule has 0 bridgehead atoms. The summed E-state index contributed by atoms with van der Waals surface area (Å²) in [5.74, 6) is -1.50. The molecule has 1 amide bonds. The lowest BCUT2D eigenvalue weighted by atomic mass is 10.1. The molecule has 228 valence electrons. The minimum atomic E-state index is -4.85. The van der Waals surface area contributed by atoms with E-state index in [-0.39, 0.29) is 40.4 Å². The molecule has 1 fully saturated rings. The number of alkyl halides is 5. The number of aromatic hydroxyl groups is 1. The van der Waals surface area contributed by atoms with Crippen LogP contribution in [0.3, 0.4) is 0 Å². The lowest BCUT2D eigenvalue weighted by molar-refractivity contribution is -0.137. The van der Waals surface area contributed by atoms with E-state index in [1.807, 2.05) is 0 Å². The Kier molecular flexibility index (Phi) is 8.52. The molecule has 1 saturated heterocycles. The molecule has 5 rings (SSSR count). The van der Waals surface area contributed by atoms with Crippen LogP contribution < -0.4 is 26.0 Å². The fraction of sp³-hybridized carbons (Fsp3) is 0.321. The van der Waals surface area contributed by atoms with E-state index in [4.69, 9.17) is 4.74 Å². The largest absolute Gasteiger partial charge is 0.495 e. The number of benzene rings is 2. The quantitative estimate of drug-likeness (QED) is 0.152. The van der Waals surface area contributed by atoms with Crippen molar-refractivity contribution in [3.63, 3.8) is 0 Å². The van der Waals surface area contributed by atoms with Gasteiger partial charge in [-0.2, -0.15) is 18.2 Å². The first-order valence-electron chi connectivity index (χ1n) is 13.3. The van der Waals surface area contributed by atoms with Crippen LogP contribution in [0.25, 0.3) is 10.8 Å². The molecule has 0 unspecified atom stereocenters. The minimum absolute atomic E-state index is 0.0129. The maximum atomic E-state index is 13.9. The Morgan fingerprint density at radius 3 is 2.72 bits per heavy atom. The van der Waals surface area contributed by atoms with Crippen molar-refractivity contribution in [3.8, 4) is 11.6 Å². The molecule has 1 atom stereocenters. The fourth-order valence-corrected chi connectivity index (χ4v) is 4.87.